The third-order valence-electron chi connectivity index (χ3n) is 2.94. The Hall–Kier alpha value is -2.19. The van der Waals surface area contributed by atoms with Crippen molar-refractivity contribution in [1.29, 1.82) is 0 Å². The van der Waals surface area contributed by atoms with Crippen LogP contribution >= 0.6 is 0 Å². The van der Waals surface area contributed by atoms with Crippen LogP contribution < -0.4 is 5.32 Å². The van der Waals surface area contributed by atoms with E-state index in [0.29, 0.717) is 11.4 Å². The van der Waals surface area contributed by atoms with Crippen LogP contribution in [-0.4, -0.2) is 42.5 Å². The smallest absolute Gasteiger partial charge is 0.273 e. The molecule has 0 saturated carbocycles. The number of carbonyl (C=O) groups excluding carboxylic acids is 1. The van der Waals surface area contributed by atoms with Crippen molar-refractivity contribution in [2.75, 3.05) is 19.4 Å². The van der Waals surface area contributed by atoms with Gasteiger partial charge in [-0.25, -0.2) is 12.7 Å². The van der Waals surface area contributed by atoms with Crippen LogP contribution in [0.5, 0.6) is 0 Å². The fourth-order valence-electron chi connectivity index (χ4n) is 1.71. The molecule has 1 N–H and O–H groups in total. The molecule has 1 aromatic carbocycles. The summed E-state index contributed by atoms with van der Waals surface area (Å²) in [4.78, 5) is 12.2. The first-order chi connectivity index (χ1) is 9.82. The Bertz CT molecular complexity index is 748. The van der Waals surface area contributed by atoms with Gasteiger partial charge in [0.15, 0.2) is 0 Å². The topological polar surface area (TPSA) is 84.3 Å². The highest BCUT2D eigenvalue weighted by Crippen LogP contribution is 2.17. The van der Waals surface area contributed by atoms with E-state index in [1.165, 1.54) is 37.1 Å². The number of carbonyl (C=O) groups is 1. The minimum absolute atomic E-state index is 0.172. The van der Waals surface area contributed by atoms with Crippen molar-refractivity contribution in [2.45, 2.75) is 4.90 Å². The maximum atomic E-state index is 12.0. The zero-order valence-corrected chi connectivity index (χ0v) is 12.8. The highest BCUT2D eigenvalue weighted by Gasteiger charge is 2.17. The lowest BCUT2D eigenvalue weighted by atomic mass is 10.3. The average molecular weight is 308 g/mol. The van der Waals surface area contributed by atoms with Gasteiger partial charge in [-0.1, -0.05) is 0 Å². The van der Waals surface area contributed by atoms with Crippen LogP contribution in [0.15, 0.2) is 41.4 Å². The third-order valence-corrected chi connectivity index (χ3v) is 4.77. The summed E-state index contributed by atoms with van der Waals surface area (Å²) < 4.78 is 26.4. The Morgan fingerprint density at radius 1 is 1.19 bits per heavy atom. The van der Waals surface area contributed by atoms with E-state index in [1.54, 1.807) is 25.2 Å². The van der Waals surface area contributed by atoms with Crippen molar-refractivity contribution in [1.82, 2.24) is 14.1 Å². The first-order valence-corrected chi connectivity index (χ1v) is 7.58. The second-order valence-corrected chi connectivity index (χ2v) is 6.76. The molecule has 0 atom stereocenters. The van der Waals surface area contributed by atoms with Gasteiger partial charge in [0.2, 0.25) is 10.0 Å². The summed E-state index contributed by atoms with van der Waals surface area (Å²) >= 11 is 0. The molecule has 2 aromatic rings. The van der Waals surface area contributed by atoms with E-state index in [1.807, 2.05) is 0 Å². The van der Waals surface area contributed by atoms with Gasteiger partial charge in [0, 0.05) is 33.0 Å². The number of aromatic nitrogens is 2. The normalized spacial score (nSPS) is 11.6. The van der Waals surface area contributed by atoms with Crippen molar-refractivity contribution < 1.29 is 13.2 Å². The maximum absolute atomic E-state index is 12.0. The monoisotopic (exact) mass is 308 g/mol. The molecule has 0 aliphatic heterocycles. The SMILES string of the molecule is CN(C)S(=O)(=O)c1ccc(NC(=O)c2ccnn2C)cc1. The number of hydrogen-bond donors (Lipinski definition) is 1. The molecule has 8 heteroatoms. The number of sulfonamides is 1. The lowest BCUT2D eigenvalue weighted by Crippen LogP contribution is -2.22. The number of aryl methyl sites for hydroxylation is 1. The Kier molecular flexibility index (Phi) is 4.10. The van der Waals surface area contributed by atoms with E-state index in [4.69, 9.17) is 0 Å². The predicted octanol–water partition coefficient (Wildman–Crippen LogP) is 0.923. The molecule has 1 amide bonds. The van der Waals surface area contributed by atoms with Crippen LogP contribution in [0.4, 0.5) is 5.69 Å². The molecule has 0 radical (unpaired) electrons. The van der Waals surface area contributed by atoms with Crippen molar-refractivity contribution in [2.24, 2.45) is 7.05 Å². The van der Waals surface area contributed by atoms with E-state index in [9.17, 15) is 13.2 Å². The van der Waals surface area contributed by atoms with Crippen LogP contribution in [0.3, 0.4) is 0 Å². The van der Waals surface area contributed by atoms with Crippen molar-refractivity contribution >= 4 is 21.6 Å². The summed E-state index contributed by atoms with van der Waals surface area (Å²) in [6.45, 7) is 0. The molecule has 21 heavy (non-hydrogen) atoms. The molecule has 7 nitrogen and oxygen atoms in total. The molecule has 112 valence electrons. The Morgan fingerprint density at radius 3 is 2.29 bits per heavy atom. The van der Waals surface area contributed by atoms with Gasteiger partial charge in [0.05, 0.1) is 4.90 Å². The highest BCUT2D eigenvalue weighted by atomic mass is 32.2. The molecular weight excluding hydrogens is 292 g/mol. The van der Waals surface area contributed by atoms with Gasteiger partial charge in [-0.15, -0.1) is 0 Å². The van der Waals surface area contributed by atoms with E-state index in [2.05, 4.69) is 10.4 Å². The van der Waals surface area contributed by atoms with E-state index >= 15 is 0 Å². The summed E-state index contributed by atoms with van der Waals surface area (Å²) in [7, 11) is 1.13. The van der Waals surface area contributed by atoms with E-state index < -0.39 is 10.0 Å². The third kappa shape index (κ3) is 3.11. The van der Waals surface area contributed by atoms with E-state index in [0.717, 1.165) is 4.31 Å². The number of benzene rings is 1. The highest BCUT2D eigenvalue weighted by molar-refractivity contribution is 7.89. The van der Waals surface area contributed by atoms with Gasteiger partial charge in [0.25, 0.3) is 5.91 Å². The first-order valence-electron chi connectivity index (χ1n) is 6.14. The van der Waals surface area contributed by atoms with E-state index in [-0.39, 0.29) is 10.8 Å². The molecular formula is C13H16N4O3S. The fourth-order valence-corrected chi connectivity index (χ4v) is 2.61. The molecule has 1 heterocycles. The lowest BCUT2D eigenvalue weighted by molar-refractivity contribution is 0.101. The van der Waals surface area contributed by atoms with Crippen LogP contribution in [0.1, 0.15) is 10.5 Å². The Balaban J connectivity index is 2.17. The molecule has 0 fully saturated rings. The first kappa shape index (κ1) is 15.2. The summed E-state index contributed by atoms with van der Waals surface area (Å²) in [5.41, 5.74) is 0.930. The summed E-state index contributed by atoms with van der Waals surface area (Å²) in [5.74, 6) is -0.307. The van der Waals surface area contributed by atoms with Gasteiger partial charge < -0.3 is 5.32 Å². The molecule has 0 unspecified atom stereocenters. The maximum Gasteiger partial charge on any atom is 0.273 e. The Labute approximate surface area is 123 Å². The zero-order valence-electron chi connectivity index (χ0n) is 11.9. The summed E-state index contributed by atoms with van der Waals surface area (Å²) in [5, 5.41) is 6.60. The minimum Gasteiger partial charge on any atom is -0.321 e. The quantitative estimate of drug-likeness (QED) is 0.910. The van der Waals surface area contributed by atoms with Crippen LogP contribution in [-0.2, 0) is 17.1 Å². The lowest BCUT2D eigenvalue weighted by Gasteiger charge is -2.12. The number of nitrogens with one attached hydrogen (secondary N) is 1. The van der Waals surface area contributed by atoms with Gasteiger partial charge in [0.1, 0.15) is 5.69 Å². The van der Waals surface area contributed by atoms with Crippen LogP contribution in [0.25, 0.3) is 0 Å². The van der Waals surface area contributed by atoms with Crippen LogP contribution in [0.2, 0.25) is 0 Å². The summed E-state index contributed by atoms with van der Waals surface area (Å²) in [6, 6.07) is 7.60. The zero-order chi connectivity index (χ0) is 15.6. The molecule has 0 saturated heterocycles. The minimum atomic E-state index is -3.47. The predicted molar refractivity (Wildman–Crippen MR) is 78.5 cm³/mol. The number of rotatable bonds is 4. The van der Waals surface area contributed by atoms with Gasteiger partial charge >= 0.3 is 0 Å². The number of anilines is 1. The molecule has 0 spiro atoms. The van der Waals surface area contributed by atoms with Gasteiger partial charge in [-0.2, -0.15) is 5.10 Å². The average Bonchev–Trinajstić information content (AvgIpc) is 2.85. The second kappa shape index (κ2) is 5.66. The fraction of sp³-hybridized carbons (Fsp3) is 0.231. The molecule has 2 rings (SSSR count). The number of hydrogen-bond acceptors (Lipinski definition) is 4. The van der Waals surface area contributed by atoms with Crippen molar-refractivity contribution in [3.8, 4) is 0 Å². The van der Waals surface area contributed by atoms with Crippen LogP contribution in [0, 0.1) is 0 Å². The van der Waals surface area contributed by atoms with Gasteiger partial charge in [-0.3, -0.25) is 9.48 Å². The Morgan fingerprint density at radius 2 is 1.81 bits per heavy atom. The second-order valence-electron chi connectivity index (χ2n) is 4.61. The van der Waals surface area contributed by atoms with Gasteiger partial charge in [-0.05, 0) is 30.3 Å². The van der Waals surface area contributed by atoms with Crippen molar-refractivity contribution in [3.63, 3.8) is 0 Å². The largest absolute Gasteiger partial charge is 0.321 e. The molecule has 1 aromatic heterocycles. The molecule has 0 aliphatic carbocycles. The summed E-state index contributed by atoms with van der Waals surface area (Å²) in [6.07, 6.45) is 1.53. The van der Waals surface area contributed by atoms with Crippen molar-refractivity contribution in [3.05, 3.63) is 42.2 Å². The number of nitrogens with zero attached hydrogens (tertiary/aromatic N) is 3. The standard InChI is InChI=1S/C13H16N4O3S/c1-16(2)21(19,20)11-6-4-10(5-7-11)15-13(18)12-8-9-14-17(12)3/h4-9H,1-3H3,(H,15,18). The number of amides is 1. The molecule has 0 aliphatic rings. The molecule has 0 bridgehead atoms.